The predicted octanol–water partition coefficient (Wildman–Crippen LogP) is 3.70. The van der Waals surface area contributed by atoms with Gasteiger partial charge in [-0.25, -0.2) is 5.48 Å². The van der Waals surface area contributed by atoms with Crippen LogP contribution in [-0.4, -0.2) is 21.5 Å². The Morgan fingerprint density at radius 3 is 2.59 bits per heavy atom. The van der Waals surface area contributed by atoms with Gasteiger partial charge in [0, 0.05) is 12.3 Å². The fraction of sp³-hybridized carbons (Fsp3) is 0.167. The number of benzene rings is 1. The van der Waals surface area contributed by atoms with E-state index in [4.69, 9.17) is 14.0 Å². The van der Waals surface area contributed by atoms with Gasteiger partial charge < -0.3 is 13.9 Å². The van der Waals surface area contributed by atoms with Crippen molar-refractivity contribution >= 4 is 0 Å². The smallest absolute Gasteiger partial charge is 0.438 e. The summed E-state index contributed by atoms with van der Waals surface area (Å²) >= 11 is 0. The zero-order valence-electron chi connectivity index (χ0n) is 14.8. The van der Waals surface area contributed by atoms with Crippen molar-refractivity contribution in [2.24, 2.45) is 0 Å². The number of aromatic nitrogens is 3. The molecule has 0 aliphatic carbocycles. The summed E-state index contributed by atoms with van der Waals surface area (Å²) in [5.74, 6) is 0.646. The third-order valence-electron chi connectivity index (χ3n) is 3.98. The second-order valence-corrected chi connectivity index (χ2v) is 6.15. The van der Waals surface area contributed by atoms with E-state index in [9.17, 15) is 13.2 Å². The lowest BCUT2D eigenvalue weighted by atomic mass is 9.96. The number of alkyl halides is 3. The van der Waals surface area contributed by atoms with Crippen LogP contribution in [0.5, 0.6) is 11.5 Å². The molecule has 3 aromatic rings. The molecule has 0 fully saturated rings. The van der Waals surface area contributed by atoms with E-state index >= 15 is 0 Å². The highest BCUT2D eigenvalue weighted by molar-refractivity contribution is 5.53. The molecule has 150 valence electrons. The molecule has 0 saturated carbocycles. The van der Waals surface area contributed by atoms with Crippen LogP contribution in [0.2, 0.25) is 0 Å². The van der Waals surface area contributed by atoms with Crippen molar-refractivity contribution in [1.29, 1.82) is 0 Å². The highest BCUT2D eigenvalue weighted by Crippen LogP contribution is 2.34. The van der Waals surface area contributed by atoms with Gasteiger partial charge in [0.2, 0.25) is 18.2 Å². The Morgan fingerprint density at radius 1 is 1.10 bits per heavy atom. The van der Waals surface area contributed by atoms with Gasteiger partial charge in [-0.05, 0) is 30.7 Å². The molecule has 0 spiro atoms. The summed E-state index contributed by atoms with van der Waals surface area (Å²) in [6.45, 7) is 1.73. The van der Waals surface area contributed by atoms with Crippen molar-refractivity contribution in [2.75, 3.05) is 0 Å². The van der Waals surface area contributed by atoms with Crippen LogP contribution in [-0.2, 0) is 10.4 Å². The lowest BCUT2D eigenvalue weighted by Gasteiger charge is -2.20. The van der Waals surface area contributed by atoms with E-state index in [1.54, 1.807) is 25.3 Å². The second-order valence-electron chi connectivity index (χ2n) is 6.15. The fourth-order valence-electron chi connectivity index (χ4n) is 2.66. The average molecular weight is 406 g/mol. The molecule has 0 amide bonds. The molecule has 1 N–H and O–H groups in total. The minimum absolute atomic E-state index is 0.285. The molecule has 4 rings (SSSR count). The SMILES string of the molecule is CC1(c2ccc(OC(F)(F)F)cc2)C=C(Oc2cncc(-c3nnco3)c2)NO1. The molecule has 11 heteroatoms. The number of ether oxygens (including phenoxy) is 2. The van der Waals surface area contributed by atoms with E-state index in [-0.39, 0.29) is 11.6 Å². The van der Waals surface area contributed by atoms with Crippen LogP contribution in [0.1, 0.15) is 12.5 Å². The van der Waals surface area contributed by atoms with Crippen molar-refractivity contribution in [3.63, 3.8) is 0 Å². The maximum atomic E-state index is 12.3. The number of nitrogens with zero attached hydrogens (tertiary/aromatic N) is 3. The van der Waals surface area contributed by atoms with Gasteiger partial charge in [-0.1, -0.05) is 12.1 Å². The van der Waals surface area contributed by atoms with Crippen molar-refractivity contribution in [1.82, 2.24) is 20.7 Å². The number of rotatable bonds is 5. The summed E-state index contributed by atoms with van der Waals surface area (Å²) < 4.78 is 51.6. The summed E-state index contributed by atoms with van der Waals surface area (Å²) in [6.07, 6.45) is 1.13. The summed E-state index contributed by atoms with van der Waals surface area (Å²) in [5, 5.41) is 7.41. The standard InChI is InChI=1S/C18H13F3N4O4/c1-17(12-2-4-13(5-3-12)28-18(19,20)21)7-15(25-29-17)27-14-6-11(8-22-9-14)16-24-23-10-26-16/h2-10,25H,1H3. The highest BCUT2D eigenvalue weighted by atomic mass is 19.4. The topological polar surface area (TPSA) is 91.5 Å². The average Bonchev–Trinajstić information content (AvgIpc) is 3.32. The summed E-state index contributed by atoms with van der Waals surface area (Å²) in [4.78, 5) is 9.62. The van der Waals surface area contributed by atoms with E-state index < -0.39 is 12.0 Å². The first-order valence-electron chi connectivity index (χ1n) is 8.23. The number of pyridine rings is 1. The molecule has 1 atom stereocenters. The lowest BCUT2D eigenvalue weighted by molar-refractivity contribution is -0.274. The summed E-state index contributed by atoms with van der Waals surface area (Å²) in [6, 6.07) is 7.02. The van der Waals surface area contributed by atoms with Crippen LogP contribution in [0.15, 0.2) is 65.5 Å². The number of hydroxylamine groups is 1. The molecular formula is C18H13F3N4O4. The van der Waals surface area contributed by atoms with Gasteiger partial charge in [0.25, 0.3) is 0 Å². The molecule has 1 aromatic carbocycles. The Bertz CT molecular complexity index is 1020. The first-order valence-corrected chi connectivity index (χ1v) is 8.23. The van der Waals surface area contributed by atoms with Gasteiger partial charge >= 0.3 is 6.36 Å². The Morgan fingerprint density at radius 2 is 1.90 bits per heavy atom. The Hall–Kier alpha value is -3.60. The second kappa shape index (κ2) is 7.09. The zero-order valence-corrected chi connectivity index (χ0v) is 14.8. The van der Waals surface area contributed by atoms with Crippen LogP contribution in [0, 0.1) is 0 Å². The largest absolute Gasteiger partial charge is 0.573 e. The first-order chi connectivity index (χ1) is 13.8. The first kappa shape index (κ1) is 18.7. The molecule has 29 heavy (non-hydrogen) atoms. The lowest BCUT2D eigenvalue weighted by Crippen LogP contribution is -2.23. The van der Waals surface area contributed by atoms with Crippen LogP contribution in [0.4, 0.5) is 13.2 Å². The molecule has 1 unspecified atom stereocenters. The summed E-state index contributed by atoms with van der Waals surface area (Å²) in [5.41, 5.74) is 2.85. The number of nitrogens with one attached hydrogen (secondary N) is 1. The molecule has 1 aliphatic rings. The van der Waals surface area contributed by atoms with Gasteiger partial charge in [0.05, 0.1) is 11.8 Å². The van der Waals surface area contributed by atoms with E-state index in [1.165, 1.54) is 36.9 Å². The number of hydrogen-bond acceptors (Lipinski definition) is 8. The van der Waals surface area contributed by atoms with E-state index in [0.717, 1.165) is 0 Å². The maximum Gasteiger partial charge on any atom is 0.573 e. The van der Waals surface area contributed by atoms with Gasteiger partial charge in [-0.2, -0.15) is 0 Å². The highest BCUT2D eigenvalue weighted by Gasteiger charge is 2.34. The van der Waals surface area contributed by atoms with E-state index in [0.29, 0.717) is 22.8 Å². The van der Waals surface area contributed by atoms with Crippen LogP contribution in [0.3, 0.4) is 0 Å². The van der Waals surface area contributed by atoms with Crippen molar-refractivity contribution in [2.45, 2.75) is 18.9 Å². The van der Waals surface area contributed by atoms with Gasteiger partial charge in [-0.3, -0.25) is 9.82 Å². The van der Waals surface area contributed by atoms with E-state index in [2.05, 4.69) is 25.4 Å². The Labute approximate surface area is 161 Å². The van der Waals surface area contributed by atoms with Crippen molar-refractivity contribution in [3.8, 4) is 23.0 Å². The molecule has 0 bridgehead atoms. The molecular weight excluding hydrogens is 393 g/mol. The summed E-state index contributed by atoms with van der Waals surface area (Å²) in [7, 11) is 0. The quantitative estimate of drug-likeness (QED) is 0.686. The molecule has 0 saturated heterocycles. The molecule has 2 aromatic heterocycles. The van der Waals surface area contributed by atoms with Crippen LogP contribution in [0.25, 0.3) is 11.5 Å². The fourth-order valence-corrected chi connectivity index (χ4v) is 2.66. The molecule has 0 radical (unpaired) electrons. The normalized spacial score (nSPS) is 18.8. The molecule has 3 heterocycles. The zero-order chi connectivity index (χ0) is 20.5. The van der Waals surface area contributed by atoms with Crippen LogP contribution >= 0.6 is 0 Å². The number of halogens is 3. The third kappa shape index (κ3) is 4.29. The van der Waals surface area contributed by atoms with Crippen molar-refractivity contribution in [3.05, 3.63) is 66.6 Å². The van der Waals surface area contributed by atoms with Gasteiger partial charge in [-0.15, -0.1) is 23.4 Å². The monoisotopic (exact) mass is 406 g/mol. The maximum absolute atomic E-state index is 12.3. The predicted molar refractivity (Wildman–Crippen MR) is 90.9 cm³/mol. The Kier molecular flexibility index (Phi) is 4.59. The third-order valence-corrected chi connectivity index (χ3v) is 3.98. The minimum atomic E-state index is -4.75. The molecule has 8 nitrogen and oxygen atoms in total. The van der Waals surface area contributed by atoms with Gasteiger partial charge in [0.15, 0.2) is 0 Å². The van der Waals surface area contributed by atoms with Crippen molar-refractivity contribution < 1.29 is 31.9 Å². The van der Waals surface area contributed by atoms with E-state index in [1.807, 2.05) is 0 Å². The van der Waals surface area contributed by atoms with Gasteiger partial charge in [0.1, 0.15) is 17.1 Å². The number of hydrogen-bond donors (Lipinski definition) is 1. The Balaban J connectivity index is 1.49. The van der Waals surface area contributed by atoms with Crippen LogP contribution < -0.4 is 15.0 Å². The molecule has 1 aliphatic heterocycles. The minimum Gasteiger partial charge on any atom is -0.438 e.